The van der Waals surface area contributed by atoms with Crippen LogP contribution in [0.2, 0.25) is 5.02 Å². The van der Waals surface area contributed by atoms with Gasteiger partial charge < -0.3 is 14.5 Å². The molecule has 0 radical (unpaired) electrons. The lowest BCUT2D eigenvalue weighted by Gasteiger charge is -2.07. The maximum Gasteiger partial charge on any atom is 0.255 e. The number of ether oxygens (including phenoxy) is 1. The molecule has 0 aliphatic carbocycles. The van der Waals surface area contributed by atoms with Gasteiger partial charge in [0.2, 0.25) is 5.89 Å². The number of aryl methyl sites for hydroxylation is 1. The van der Waals surface area contributed by atoms with Crippen LogP contribution < -0.4 is 10.1 Å². The molecule has 0 atom stereocenters. The number of nitrogens with zero attached hydrogens (tertiary/aromatic N) is 1. The van der Waals surface area contributed by atoms with E-state index >= 15 is 0 Å². The number of oxazole rings is 1. The third-order valence-electron chi connectivity index (χ3n) is 4.75. The van der Waals surface area contributed by atoms with Gasteiger partial charge in [-0.3, -0.25) is 4.79 Å². The van der Waals surface area contributed by atoms with Crippen LogP contribution in [0.25, 0.3) is 22.6 Å². The average molecular weight is 451 g/mol. The summed E-state index contributed by atoms with van der Waals surface area (Å²) < 4.78 is 11.3. The maximum atomic E-state index is 12.6. The predicted molar refractivity (Wildman–Crippen MR) is 131 cm³/mol. The van der Waals surface area contributed by atoms with Gasteiger partial charge in [-0.05, 0) is 60.5 Å². The fourth-order valence-electron chi connectivity index (χ4n) is 3.34. The Balaban J connectivity index is 0.00000141. The molecule has 1 aromatic heterocycles. The first-order valence-electron chi connectivity index (χ1n) is 10.7. The Morgan fingerprint density at radius 2 is 1.88 bits per heavy atom. The molecule has 166 valence electrons. The molecular formula is C26H27ClN2O3. The van der Waals surface area contributed by atoms with Crippen LogP contribution in [0.1, 0.15) is 43.1 Å². The first-order valence-corrected chi connectivity index (χ1v) is 11.1. The molecule has 6 heteroatoms. The van der Waals surface area contributed by atoms with Crippen LogP contribution in [0, 0.1) is 0 Å². The van der Waals surface area contributed by atoms with E-state index in [1.54, 1.807) is 37.4 Å². The summed E-state index contributed by atoms with van der Waals surface area (Å²) in [6.07, 6.45) is 1.85. The zero-order chi connectivity index (χ0) is 23.1. The number of amides is 1. The van der Waals surface area contributed by atoms with Crippen LogP contribution in [0.4, 0.5) is 5.69 Å². The lowest BCUT2D eigenvalue weighted by Crippen LogP contribution is -2.11. The van der Waals surface area contributed by atoms with E-state index in [2.05, 4.69) is 17.2 Å². The van der Waals surface area contributed by atoms with Gasteiger partial charge in [-0.1, -0.05) is 50.9 Å². The predicted octanol–water partition coefficient (Wildman–Crippen LogP) is 7.39. The van der Waals surface area contributed by atoms with E-state index in [-0.39, 0.29) is 5.91 Å². The Labute approximate surface area is 193 Å². The molecule has 1 amide bonds. The molecule has 0 aliphatic heterocycles. The summed E-state index contributed by atoms with van der Waals surface area (Å²) in [5.74, 6) is 0.896. The summed E-state index contributed by atoms with van der Waals surface area (Å²) in [7, 11) is 1.57. The summed E-state index contributed by atoms with van der Waals surface area (Å²) in [5, 5.41) is 3.55. The van der Waals surface area contributed by atoms with Crippen molar-refractivity contribution in [3.05, 3.63) is 76.8 Å². The van der Waals surface area contributed by atoms with Gasteiger partial charge in [0.05, 0.1) is 7.11 Å². The highest BCUT2D eigenvalue weighted by Gasteiger charge is 2.14. The van der Waals surface area contributed by atoms with Crippen LogP contribution in [0.3, 0.4) is 0 Å². The topological polar surface area (TPSA) is 64.4 Å². The monoisotopic (exact) mass is 450 g/mol. The van der Waals surface area contributed by atoms with Gasteiger partial charge in [-0.25, -0.2) is 4.98 Å². The maximum absolute atomic E-state index is 12.6. The fraction of sp³-hybridized carbons (Fsp3) is 0.231. The Kier molecular flexibility index (Phi) is 7.90. The highest BCUT2D eigenvalue weighted by atomic mass is 35.5. The molecule has 0 saturated heterocycles. The van der Waals surface area contributed by atoms with E-state index in [1.165, 1.54) is 0 Å². The fourth-order valence-corrected chi connectivity index (χ4v) is 3.58. The Morgan fingerprint density at radius 1 is 1.09 bits per heavy atom. The van der Waals surface area contributed by atoms with Crippen molar-refractivity contribution in [2.75, 3.05) is 12.4 Å². The molecule has 0 bridgehead atoms. The zero-order valence-electron chi connectivity index (χ0n) is 18.7. The second-order valence-corrected chi connectivity index (χ2v) is 7.39. The number of fused-ring (bicyclic) bond motifs is 1. The summed E-state index contributed by atoms with van der Waals surface area (Å²) in [5.41, 5.74) is 4.46. The number of benzene rings is 3. The molecule has 0 fully saturated rings. The second-order valence-electron chi connectivity index (χ2n) is 6.95. The molecule has 1 N–H and O–H groups in total. The zero-order valence-corrected chi connectivity index (χ0v) is 19.5. The highest BCUT2D eigenvalue weighted by Crippen LogP contribution is 2.31. The molecule has 0 saturated carbocycles. The minimum atomic E-state index is -0.222. The Bertz CT molecular complexity index is 1220. The number of carbonyl (C=O) groups is 1. The number of nitrogens with one attached hydrogen (secondary N) is 1. The van der Waals surface area contributed by atoms with Crippen molar-refractivity contribution in [1.82, 2.24) is 4.98 Å². The first kappa shape index (κ1) is 23.4. The lowest BCUT2D eigenvalue weighted by atomic mass is 10.1. The van der Waals surface area contributed by atoms with Crippen LogP contribution in [0.15, 0.2) is 65.1 Å². The first-order chi connectivity index (χ1) is 15.6. The van der Waals surface area contributed by atoms with E-state index in [4.69, 9.17) is 20.8 Å². The Hall–Kier alpha value is -3.31. The number of rotatable bonds is 6. The molecule has 4 aromatic rings. The standard InChI is InChI=1S/C24H21ClN2O3.C2H6/c1-3-6-15-11-18(25)14-21-22(15)30-24(27-21)17-8-4-9-19(12-17)26-23(28)16-7-5-10-20(13-16)29-2;1-2/h4-5,7-14H,3,6H2,1-2H3,(H,26,28);1-2H3. The van der Waals surface area contributed by atoms with Crippen molar-refractivity contribution < 1.29 is 13.9 Å². The molecular weight excluding hydrogens is 424 g/mol. The van der Waals surface area contributed by atoms with Crippen molar-refractivity contribution in [3.8, 4) is 17.2 Å². The lowest BCUT2D eigenvalue weighted by molar-refractivity contribution is 0.102. The van der Waals surface area contributed by atoms with Crippen molar-refractivity contribution in [2.45, 2.75) is 33.6 Å². The van der Waals surface area contributed by atoms with Gasteiger partial charge in [0.1, 0.15) is 11.3 Å². The van der Waals surface area contributed by atoms with E-state index < -0.39 is 0 Å². The SMILES string of the molecule is CC.CCCc1cc(Cl)cc2nc(-c3cccc(NC(=O)c4cccc(OC)c4)c3)oc12. The quantitative estimate of drug-likeness (QED) is 0.332. The van der Waals surface area contributed by atoms with E-state index in [9.17, 15) is 4.79 Å². The van der Waals surface area contributed by atoms with Gasteiger partial charge >= 0.3 is 0 Å². The third kappa shape index (κ3) is 5.29. The highest BCUT2D eigenvalue weighted by molar-refractivity contribution is 6.31. The van der Waals surface area contributed by atoms with Crippen molar-refractivity contribution in [3.63, 3.8) is 0 Å². The van der Waals surface area contributed by atoms with Gasteiger partial charge in [0.25, 0.3) is 5.91 Å². The summed E-state index contributed by atoms with van der Waals surface area (Å²) >= 11 is 6.24. The van der Waals surface area contributed by atoms with E-state index in [1.807, 2.05) is 44.2 Å². The molecule has 0 spiro atoms. The largest absolute Gasteiger partial charge is 0.497 e. The summed E-state index contributed by atoms with van der Waals surface area (Å²) in [4.78, 5) is 17.2. The number of methoxy groups -OCH3 is 1. The van der Waals surface area contributed by atoms with Gasteiger partial charge in [-0.2, -0.15) is 0 Å². The number of anilines is 1. The average Bonchev–Trinajstić information content (AvgIpc) is 3.25. The third-order valence-corrected chi connectivity index (χ3v) is 4.97. The number of carbonyl (C=O) groups excluding carboxylic acids is 1. The van der Waals surface area contributed by atoms with Gasteiger partial charge in [0.15, 0.2) is 5.58 Å². The van der Waals surface area contributed by atoms with Crippen LogP contribution >= 0.6 is 11.6 Å². The van der Waals surface area contributed by atoms with Gasteiger partial charge in [-0.15, -0.1) is 0 Å². The van der Waals surface area contributed by atoms with E-state index in [0.717, 1.165) is 35.1 Å². The minimum Gasteiger partial charge on any atom is -0.497 e. The smallest absolute Gasteiger partial charge is 0.255 e. The van der Waals surface area contributed by atoms with Crippen molar-refractivity contribution >= 4 is 34.3 Å². The normalized spacial score (nSPS) is 10.4. The molecule has 5 nitrogen and oxygen atoms in total. The molecule has 4 rings (SSSR count). The van der Waals surface area contributed by atoms with Gasteiger partial charge in [0, 0.05) is 21.8 Å². The summed E-state index contributed by atoms with van der Waals surface area (Å²) in [6.45, 7) is 6.11. The number of hydrogen-bond donors (Lipinski definition) is 1. The van der Waals surface area contributed by atoms with Crippen LogP contribution in [0.5, 0.6) is 5.75 Å². The molecule has 1 heterocycles. The molecule has 0 unspecified atom stereocenters. The molecule has 0 aliphatic rings. The second kappa shape index (κ2) is 10.8. The number of aromatic nitrogens is 1. The molecule has 32 heavy (non-hydrogen) atoms. The van der Waals surface area contributed by atoms with Crippen molar-refractivity contribution in [2.24, 2.45) is 0 Å². The number of hydrogen-bond acceptors (Lipinski definition) is 4. The Morgan fingerprint density at radius 3 is 2.62 bits per heavy atom. The number of halogens is 1. The van der Waals surface area contributed by atoms with Crippen LogP contribution in [-0.4, -0.2) is 18.0 Å². The van der Waals surface area contributed by atoms with E-state index in [0.29, 0.717) is 27.9 Å². The minimum absolute atomic E-state index is 0.222. The summed E-state index contributed by atoms with van der Waals surface area (Å²) in [6, 6.07) is 18.1. The molecule has 3 aromatic carbocycles. The van der Waals surface area contributed by atoms with Crippen LogP contribution in [-0.2, 0) is 6.42 Å². The van der Waals surface area contributed by atoms with Crippen molar-refractivity contribution in [1.29, 1.82) is 0 Å².